The van der Waals surface area contributed by atoms with Crippen molar-refractivity contribution in [3.63, 3.8) is 0 Å². The number of aliphatic imine (C=N–C) groups is 1. The average molecular weight is 335 g/mol. The number of carbonyl (C=O) groups is 1. The molecule has 22 heavy (non-hydrogen) atoms. The average Bonchev–Trinajstić information content (AvgIpc) is 3.01. The summed E-state index contributed by atoms with van der Waals surface area (Å²) < 4.78 is 0. The Hall–Kier alpha value is -1.93. The number of aromatic nitrogens is 2. The minimum absolute atomic E-state index is 0.00465. The first-order valence-corrected chi connectivity index (χ1v) is 8.79. The third-order valence-electron chi connectivity index (χ3n) is 2.76. The zero-order valence-electron chi connectivity index (χ0n) is 12.4. The smallest absolute Gasteiger partial charge is 0.220 e. The Bertz CT molecular complexity index is 683. The lowest BCUT2D eigenvalue weighted by Gasteiger charge is -2.04. The topological polar surface area (TPSA) is 93.3 Å². The van der Waals surface area contributed by atoms with Gasteiger partial charge in [-0.2, -0.15) is 4.99 Å². The van der Waals surface area contributed by atoms with Crippen LogP contribution in [0.2, 0.25) is 0 Å². The number of pyridine rings is 1. The normalized spacial score (nSPS) is 11.5. The quantitative estimate of drug-likeness (QED) is 0.647. The molecular weight excluding hydrogens is 318 g/mol. The molecule has 8 heteroatoms. The van der Waals surface area contributed by atoms with Crippen LogP contribution in [0.5, 0.6) is 0 Å². The van der Waals surface area contributed by atoms with Gasteiger partial charge in [-0.25, -0.2) is 9.97 Å². The highest BCUT2D eigenvalue weighted by Gasteiger charge is 2.07. The molecule has 0 unspecified atom stereocenters. The second-order valence-electron chi connectivity index (χ2n) is 4.31. The molecule has 0 saturated carbocycles. The van der Waals surface area contributed by atoms with E-state index in [4.69, 9.17) is 5.73 Å². The molecule has 3 N–H and O–H groups in total. The van der Waals surface area contributed by atoms with Gasteiger partial charge in [0.15, 0.2) is 5.17 Å². The summed E-state index contributed by atoms with van der Waals surface area (Å²) in [7, 11) is 0. The molecule has 0 saturated heterocycles. The lowest BCUT2D eigenvalue weighted by Crippen LogP contribution is -2.22. The number of nitrogens with two attached hydrogens (primary N) is 1. The molecule has 0 radical (unpaired) electrons. The number of carbonyl (C=O) groups excluding carboxylic acids is 1. The molecule has 0 atom stereocenters. The van der Waals surface area contributed by atoms with Crippen molar-refractivity contribution in [2.24, 2.45) is 10.7 Å². The summed E-state index contributed by atoms with van der Waals surface area (Å²) in [5, 5.41) is 5.78. The molecule has 0 aliphatic heterocycles. The van der Waals surface area contributed by atoms with Crippen molar-refractivity contribution in [3.8, 4) is 11.4 Å². The van der Waals surface area contributed by atoms with E-state index in [0.29, 0.717) is 23.3 Å². The predicted molar refractivity (Wildman–Crippen MR) is 92.3 cm³/mol. The van der Waals surface area contributed by atoms with E-state index in [-0.39, 0.29) is 5.91 Å². The number of rotatable bonds is 5. The van der Waals surface area contributed by atoms with Gasteiger partial charge in [-0.15, -0.1) is 11.3 Å². The van der Waals surface area contributed by atoms with Crippen LogP contribution in [0.15, 0.2) is 28.6 Å². The molecule has 0 aromatic carbocycles. The Morgan fingerprint density at radius 3 is 2.95 bits per heavy atom. The van der Waals surface area contributed by atoms with Gasteiger partial charge in [0.25, 0.3) is 0 Å². The molecule has 116 valence electrons. The fourth-order valence-corrected chi connectivity index (χ4v) is 2.54. The van der Waals surface area contributed by atoms with Crippen LogP contribution in [0.25, 0.3) is 11.4 Å². The number of hydrogen-bond donors (Lipinski definition) is 2. The summed E-state index contributed by atoms with van der Waals surface area (Å²) in [6.07, 6.45) is 2.33. The van der Waals surface area contributed by atoms with Gasteiger partial charge in [0.2, 0.25) is 11.0 Å². The third-order valence-corrected chi connectivity index (χ3v) is 4.01. The van der Waals surface area contributed by atoms with Crippen LogP contribution in [-0.2, 0) is 11.3 Å². The second-order valence-corrected chi connectivity index (χ2v) is 5.98. The van der Waals surface area contributed by atoms with E-state index < -0.39 is 0 Å². The minimum Gasteiger partial charge on any atom is -0.378 e. The summed E-state index contributed by atoms with van der Waals surface area (Å²) in [6, 6.07) is 5.65. The van der Waals surface area contributed by atoms with Gasteiger partial charge < -0.3 is 11.1 Å². The fraction of sp³-hybridized carbons (Fsp3) is 0.286. The molecule has 0 spiro atoms. The molecule has 0 fully saturated rings. The maximum atomic E-state index is 11.3. The van der Waals surface area contributed by atoms with Crippen molar-refractivity contribution in [1.82, 2.24) is 15.3 Å². The van der Waals surface area contributed by atoms with Gasteiger partial charge in [-0.3, -0.25) is 4.79 Å². The molecule has 0 bridgehead atoms. The van der Waals surface area contributed by atoms with Gasteiger partial charge in [0, 0.05) is 11.8 Å². The number of amides is 1. The number of amidine groups is 1. The van der Waals surface area contributed by atoms with E-state index >= 15 is 0 Å². The van der Waals surface area contributed by atoms with Gasteiger partial charge >= 0.3 is 0 Å². The van der Waals surface area contributed by atoms with Crippen molar-refractivity contribution in [2.75, 3.05) is 6.26 Å². The van der Waals surface area contributed by atoms with E-state index in [1.165, 1.54) is 23.1 Å². The molecule has 2 aromatic heterocycles. The Morgan fingerprint density at radius 1 is 1.41 bits per heavy atom. The molecule has 2 aromatic rings. The number of thioether (sulfide) groups is 1. The van der Waals surface area contributed by atoms with E-state index in [1.54, 1.807) is 0 Å². The Kier molecular flexibility index (Phi) is 5.91. The van der Waals surface area contributed by atoms with Crippen molar-refractivity contribution in [2.45, 2.75) is 19.9 Å². The van der Waals surface area contributed by atoms with Gasteiger partial charge in [-0.1, -0.05) is 24.8 Å². The monoisotopic (exact) mass is 335 g/mol. The van der Waals surface area contributed by atoms with E-state index in [9.17, 15) is 4.79 Å². The summed E-state index contributed by atoms with van der Waals surface area (Å²) in [6.45, 7) is 2.23. The zero-order chi connectivity index (χ0) is 15.9. The molecular formula is C14H17N5OS2. The first kappa shape index (κ1) is 16.4. The van der Waals surface area contributed by atoms with Crippen molar-refractivity contribution in [1.29, 1.82) is 0 Å². The zero-order valence-corrected chi connectivity index (χ0v) is 14.0. The second kappa shape index (κ2) is 7.90. The molecule has 6 nitrogen and oxygen atoms in total. The van der Waals surface area contributed by atoms with Crippen molar-refractivity contribution >= 4 is 39.3 Å². The lowest BCUT2D eigenvalue weighted by atomic mass is 10.2. The highest BCUT2D eigenvalue weighted by atomic mass is 32.2. The van der Waals surface area contributed by atoms with Gasteiger partial charge in [0.1, 0.15) is 5.69 Å². The van der Waals surface area contributed by atoms with Crippen LogP contribution in [0.1, 0.15) is 19.0 Å². The number of thiazole rings is 1. The van der Waals surface area contributed by atoms with Crippen LogP contribution in [0.3, 0.4) is 0 Å². The minimum atomic E-state index is 0.00465. The first-order valence-electron chi connectivity index (χ1n) is 6.69. The van der Waals surface area contributed by atoms with E-state index in [2.05, 4.69) is 20.3 Å². The molecule has 2 rings (SSSR count). The molecule has 0 aliphatic carbocycles. The molecule has 0 aliphatic rings. The fourth-order valence-electron chi connectivity index (χ4n) is 1.61. The largest absolute Gasteiger partial charge is 0.378 e. The number of nitrogens with zero attached hydrogens (tertiary/aromatic N) is 3. The first-order chi connectivity index (χ1) is 10.6. The highest BCUT2D eigenvalue weighted by molar-refractivity contribution is 8.13. The number of nitrogens with one attached hydrogen (secondary N) is 1. The molecule has 1 amide bonds. The van der Waals surface area contributed by atoms with Crippen molar-refractivity contribution in [3.05, 3.63) is 29.3 Å². The SMILES string of the molecule is CCC(=O)NCc1cccc(-c2csc(N=C(N)SC)n2)n1. The molecule has 2 heterocycles. The maximum Gasteiger partial charge on any atom is 0.220 e. The van der Waals surface area contributed by atoms with E-state index in [0.717, 1.165) is 17.1 Å². The highest BCUT2D eigenvalue weighted by Crippen LogP contribution is 2.26. The maximum absolute atomic E-state index is 11.3. The van der Waals surface area contributed by atoms with Crippen LogP contribution in [-0.4, -0.2) is 27.3 Å². The number of hydrogen-bond acceptors (Lipinski definition) is 6. The van der Waals surface area contributed by atoms with Crippen LogP contribution in [0.4, 0.5) is 5.13 Å². The Balaban J connectivity index is 2.14. The van der Waals surface area contributed by atoms with Gasteiger partial charge in [-0.05, 0) is 18.4 Å². The van der Waals surface area contributed by atoms with Crippen LogP contribution < -0.4 is 11.1 Å². The Morgan fingerprint density at radius 2 is 2.23 bits per heavy atom. The van der Waals surface area contributed by atoms with Crippen LogP contribution >= 0.6 is 23.1 Å². The summed E-state index contributed by atoms with van der Waals surface area (Å²) in [5.41, 5.74) is 7.98. The summed E-state index contributed by atoms with van der Waals surface area (Å²) in [5.74, 6) is 0.00465. The standard InChI is InChI=1S/C14H17N5OS2/c1-3-12(20)16-7-9-5-4-6-10(17-9)11-8-22-14(18-11)19-13(15)21-2/h4-6,8H,3,7H2,1-2H3,(H,16,20)(H2,15,18,19). The van der Waals surface area contributed by atoms with Gasteiger partial charge in [0.05, 0.1) is 17.9 Å². The Labute approximate surface area is 137 Å². The summed E-state index contributed by atoms with van der Waals surface area (Å²) in [4.78, 5) is 24.4. The van der Waals surface area contributed by atoms with E-state index in [1.807, 2.05) is 36.8 Å². The third kappa shape index (κ3) is 4.54. The van der Waals surface area contributed by atoms with Crippen molar-refractivity contribution < 1.29 is 4.79 Å². The predicted octanol–water partition coefficient (Wildman–Crippen LogP) is 2.54. The lowest BCUT2D eigenvalue weighted by molar-refractivity contribution is -0.120. The summed E-state index contributed by atoms with van der Waals surface area (Å²) >= 11 is 2.79. The van der Waals surface area contributed by atoms with Crippen LogP contribution in [0, 0.1) is 0 Å².